The number of nitrogens with one attached hydrogen (secondary N) is 1. The van der Waals surface area contributed by atoms with Gasteiger partial charge >= 0.3 is 12.2 Å². The van der Waals surface area contributed by atoms with Crippen LogP contribution >= 0.6 is 0 Å². The number of alkyl halides is 3. The molecule has 1 aliphatic heterocycles. The highest BCUT2D eigenvalue weighted by Crippen LogP contribution is 2.28. The second-order valence-corrected chi connectivity index (χ2v) is 6.93. The average molecular weight is 418 g/mol. The van der Waals surface area contributed by atoms with Gasteiger partial charge in [0.25, 0.3) is 11.7 Å². The van der Waals surface area contributed by atoms with E-state index in [0.717, 1.165) is 17.8 Å². The molecule has 1 aliphatic rings. The first-order chi connectivity index (χ1) is 14.3. The number of ketones is 1. The summed E-state index contributed by atoms with van der Waals surface area (Å²) in [4.78, 5) is 36.9. The number of piperidine rings is 1. The van der Waals surface area contributed by atoms with E-state index in [2.05, 4.69) is 15.0 Å². The number of amides is 1. The third-order valence-corrected chi connectivity index (χ3v) is 4.89. The summed E-state index contributed by atoms with van der Waals surface area (Å²) in [6.07, 6.45) is -1.71. The number of aromatic amines is 1. The number of rotatable bonds is 4. The number of aromatic nitrogens is 3. The van der Waals surface area contributed by atoms with E-state index < -0.39 is 35.7 Å². The zero-order valence-corrected chi connectivity index (χ0v) is 15.6. The Labute approximate surface area is 168 Å². The Morgan fingerprint density at radius 2 is 2.00 bits per heavy atom. The Bertz CT molecular complexity index is 1100. The second kappa shape index (κ2) is 7.77. The maximum Gasteiger partial charge on any atom is 0.433 e. The van der Waals surface area contributed by atoms with Crippen molar-refractivity contribution in [2.45, 2.75) is 25.1 Å². The van der Waals surface area contributed by atoms with Crippen LogP contribution in [0, 0.1) is 0 Å². The summed E-state index contributed by atoms with van der Waals surface area (Å²) in [5.74, 6) is -1.33. The molecule has 1 unspecified atom stereocenters. The topological polar surface area (TPSA) is 88.2 Å². The number of carbonyl (C=O) groups is 2. The van der Waals surface area contributed by atoms with Crippen molar-refractivity contribution in [3.63, 3.8) is 0 Å². The lowest BCUT2D eigenvalue weighted by molar-refractivity contribution is -0.141. The number of hydrogen-bond donors (Lipinski definition) is 1. The number of halogens is 3. The molecule has 1 fully saturated rings. The number of likely N-dealkylation sites (tertiary alicyclic amines) is 1. The summed E-state index contributed by atoms with van der Waals surface area (Å²) in [5, 5.41) is 0.651. The molecular formula is C20H17F3N4O3. The number of ether oxygens (including phenoxy) is 1. The van der Waals surface area contributed by atoms with E-state index in [1.807, 2.05) is 6.07 Å². The summed E-state index contributed by atoms with van der Waals surface area (Å²) in [5.41, 5.74) is -0.0826. The van der Waals surface area contributed by atoms with Crippen molar-refractivity contribution in [1.82, 2.24) is 19.9 Å². The van der Waals surface area contributed by atoms with E-state index in [1.54, 1.807) is 18.2 Å². The smallest absolute Gasteiger partial charge is 0.433 e. The van der Waals surface area contributed by atoms with Crippen molar-refractivity contribution in [1.29, 1.82) is 0 Å². The summed E-state index contributed by atoms with van der Waals surface area (Å²) in [6, 6.07) is 7.49. The van der Waals surface area contributed by atoms with Crippen LogP contribution in [0.2, 0.25) is 0 Å². The van der Waals surface area contributed by atoms with Gasteiger partial charge in [0.05, 0.1) is 12.1 Å². The van der Waals surface area contributed by atoms with Gasteiger partial charge in [0, 0.05) is 29.8 Å². The molecule has 0 radical (unpaired) electrons. The van der Waals surface area contributed by atoms with Gasteiger partial charge in [-0.05, 0) is 25.0 Å². The molecule has 4 rings (SSSR count). The number of carbonyl (C=O) groups excluding carboxylic acids is 2. The van der Waals surface area contributed by atoms with Crippen LogP contribution in [-0.4, -0.2) is 50.7 Å². The number of hydrogen-bond acceptors (Lipinski definition) is 5. The Morgan fingerprint density at radius 3 is 2.80 bits per heavy atom. The summed E-state index contributed by atoms with van der Waals surface area (Å²) in [6.45, 7) is 0.419. The van der Waals surface area contributed by atoms with Crippen molar-refractivity contribution in [2.24, 2.45) is 0 Å². The number of benzene rings is 1. The Morgan fingerprint density at radius 1 is 1.20 bits per heavy atom. The quantitative estimate of drug-likeness (QED) is 0.519. The van der Waals surface area contributed by atoms with E-state index in [4.69, 9.17) is 4.74 Å². The maximum atomic E-state index is 12.8. The van der Waals surface area contributed by atoms with Gasteiger partial charge in [-0.1, -0.05) is 18.2 Å². The number of H-pyrrole nitrogens is 1. The predicted molar refractivity (Wildman–Crippen MR) is 99.9 cm³/mol. The zero-order valence-electron chi connectivity index (χ0n) is 15.6. The van der Waals surface area contributed by atoms with Crippen LogP contribution in [0.15, 0.2) is 42.7 Å². The SMILES string of the molecule is O=C(C(=O)N1CCCC(Oc2nccc(C(F)(F)F)n2)C1)c1c[nH]c2ccccc12. The molecule has 0 aliphatic carbocycles. The van der Waals surface area contributed by atoms with E-state index in [1.165, 1.54) is 11.1 Å². The maximum absolute atomic E-state index is 12.8. The molecule has 3 heterocycles. The van der Waals surface area contributed by atoms with Crippen LogP contribution in [-0.2, 0) is 11.0 Å². The molecule has 0 saturated carbocycles. The minimum absolute atomic E-state index is 0.0620. The van der Waals surface area contributed by atoms with Crippen molar-refractivity contribution in [2.75, 3.05) is 13.1 Å². The fraction of sp³-hybridized carbons (Fsp3) is 0.300. The fourth-order valence-corrected chi connectivity index (χ4v) is 3.44. The molecule has 1 saturated heterocycles. The normalized spacial score (nSPS) is 17.2. The van der Waals surface area contributed by atoms with Crippen LogP contribution in [0.4, 0.5) is 13.2 Å². The van der Waals surface area contributed by atoms with E-state index in [0.29, 0.717) is 24.8 Å². The predicted octanol–water partition coefficient (Wildman–Crippen LogP) is 3.23. The molecule has 1 atom stereocenters. The molecule has 10 heteroatoms. The van der Waals surface area contributed by atoms with Gasteiger partial charge in [-0.3, -0.25) is 9.59 Å². The number of Topliss-reactive ketones (excluding diaryl/α,β-unsaturated/α-hetero) is 1. The Hall–Kier alpha value is -3.43. The highest BCUT2D eigenvalue weighted by Gasteiger charge is 2.34. The van der Waals surface area contributed by atoms with Crippen molar-refractivity contribution in [3.05, 3.63) is 54.0 Å². The van der Waals surface area contributed by atoms with Crippen LogP contribution in [0.25, 0.3) is 10.9 Å². The van der Waals surface area contributed by atoms with Gasteiger partial charge in [0.1, 0.15) is 6.10 Å². The average Bonchev–Trinajstić information content (AvgIpc) is 3.17. The molecule has 30 heavy (non-hydrogen) atoms. The minimum Gasteiger partial charge on any atom is -0.458 e. The molecule has 1 amide bonds. The Balaban J connectivity index is 1.46. The molecule has 1 N–H and O–H groups in total. The first-order valence-electron chi connectivity index (χ1n) is 9.29. The van der Waals surface area contributed by atoms with Crippen molar-refractivity contribution < 1.29 is 27.5 Å². The number of nitrogens with zero attached hydrogens (tertiary/aromatic N) is 3. The first kappa shape index (κ1) is 19.9. The lowest BCUT2D eigenvalue weighted by atomic mass is 10.0. The summed E-state index contributed by atoms with van der Waals surface area (Å²) in [7, 11) is 0. The lowest BCUT2D eigenvalue weighted by Gasteiger charge is -2.31. The Kier molecular flexibility index (Phi) is 5.15. The molecule has 2 aromatic heterocycles. The van der Waals surface area contributed by atoms with Gasteiger partial charge in [0.2, 0.25) is 0 Å². The highest BCUT2D eigenvalue weighted by molar-refractivity contribution is 6.44. The van der Waals surface area contributed by atoms with E-state index in [-0.39, 0.29) is 12.1 Å². The molecular weight excluding hydrogens is 401 g/mol. The standard InChI is InChI=1S/C20H17F3N4O3/c21-20(22,23)16-7-8-24-19(26-16)30-12-4-3-9-27(11-12)18(29)17(28)14-10-25-15-6-2-1-5-13(14)15/h1-2,5-8,10,12,25H,3-4,9,11H2. The van der Waals surface area contributed by atoms with Crippen LogP contribution in [0.5, 0.6) is 6.01 Å². The first-order valence-corrected chi connectivity index (χ1v) is 9.29. The third kappa shape index (κ3) is 3.98. The van der Waals surface area contributed by atoms with Crippen molar-refractivity contribution >= 4 is 22.6 Å². The van der Waals surface area contributed by atoms with E-state index >= 15 is 0 Å². The van der Waals surface area contributed by atoms with Gasteiger partial charge in [-0.15, -0.1) is 0 Å². The minimum atomic E-state index is -4.61. The van der Waals surface area contributed by atoms with E-state index in [9.17, 15) is 22.8 Å². The highest BCUT2D eigenvalue weighted by atomic mass is 19.4. The number of para-hydroxylation sites is 1. The molecule has 156 valence electrons. The van der Waals surface area contributed by atoms with Gasteiger partial charge in [0.15, 0.2) is 5.69 Å². The molecule has 7 nitrogen and oxygen atoms in total. The molecule has 3 aromatic rings. The largest absolute Gasteiger partial charge is 0.458 e. The molecule has 1 aromatic carbocycles. The molecule has 0 bridgehead atoms. The zero-order chi connectivity index (χ0) is 21.3. The third-order valence-electron chi connectivity index (χ3n) is 4.89. The van der Waals surface area contributed by atoms with Crippen LogP contribution in [0.1, 0.15) is 28.9 Å². The van der Waals surface area contributed by atoms with Gasteiger partial charge < -0.3 is 14.6 Å². The number of fused-ring (bicyclic) bond motifs is 1. The lowest BCUT2D eigenvalue weighted by Crippen LogP contribution is -2.47. The fourth-order valence-electron chi connectivity index (χ4n) is 3.44. The van der Waals surface area contributed by atoms with Gasteiger partial charge in [-0.2, -0.15) is 18.2 Å². The molecule has 0 spiro atoms. The summed E-state index contributed by atoms with van der Waals surface area (Å²) >= 11 is 0. The monoisotopic (exact) mass is 418 g/mol. The summed E-state index contributed by atoms with van der Waals surface area (Å²) < 4.78 is 43.9. The van der Waals surface area contributed by atoms with Crippen molar-refractivity contribution in [3.8, 4) is 6.01 Å². The van der Waals surface area contributed by atoms with Crippen LogP contribution in [0.3, 0.4) is 0 Å². The van der Waals surface area contributed by atoms with Crippen LogP contribution < -0.4 is 4.74 Å². The second-order valence-electron chi connectivity index (χ2n) is 6.93. The van der Waals surface area contributed by atoms with Gasteiger partial charge in [-0.25, -0.2) is 4.98 Å².